The molecule has 0 aliphatic carbocycles. The topological polar surface area (TPSA) is 45.6 Å². The number of aromatic amines is 1. The number of rotatable bonds is 6. The van der Waals surface area contributed by atoms with Crippen LogP contribution in [0, 0.1) is 6.92 Å². The highest BCUT2D eigenvalue weighted by atomic mass is 35.5. The van der Waals surface area contributed by atoms with E-state index in [1.165, 1.54) is 16.5 Å². The van der Waals surface area contributed by atoms with E-state index < -0.39 is 0 Å². The highest BCUT2D eigenvalue weighted by Gasteiger charge is 2.06. The van der Waals surface area contributed by atoms with E-state index in [0.29, 0.717) is 0 Å². The molecule has 116 valence electrons. The number of hydrogen-bond acceptors (Lipinski definition) is 2. The molecule has 0 radical (unpaired) electrons. The number of nitrogens with one attached hydrogen (secondary N) is 2. The lowest BCUT2D eigenvalue weighted by molar-refractivity contribution is 0.651. The van der Waals surface area contributed by atoms with Crippen molar-refractivity contribution in [3.63, 3.8) is 0 Å². The molecule has 0 spiro atoms. The summed E-state index contributed by atoms with van der Waals surface area (Å²) in [4.78, 5) is 3.29. The summed E-state index contributed by atoms with van der Waals surface area (Å²) in [6.45, 7) is 6.86. The lowest BCUT2D eigenvalue weighted by Crippen LogP contribution is -2.16. The van der Waals surface area contributed by atoms with E-state index in [-0.39, 0.29) is 0 Å². The molecule has 22 heavy (non-hydrogen) atoms. The molecule has 0 atom stereocenters. The van der Waals surface area contributed by atoms with Gasteiger partial charge in [0.1, 0.15) is 0 Å². The predicted molar refractivity (Wildman–Crippen MR) is 91.4 cm³/mol. The van der Waals surface area contributed by atoms with Crippen LogP contribution in [0.5, 0.6) is 0 Å². The molecule has 0 fully saturated rings. The average Bonchev–Trinajstić information content (AvgIpc) is 3.07. The van der Waals surface area contributed by atoms with Crippen molar-refractivity contribution in [3.8, 4) is 0 Å². The summed E-state index contributed by atoms with van der Waals surface area (Å²) in [5.41, 5.74) is 4.81. The largest absolute Gasteiger partial charge is 0.361 e. The van der Waals surface area contributed by atoms with Crippen molar-refractivity contribution < 1.29 is 0 Å². The quantitative estimate of drug-likeness (QED) is 0.681. The molecular formula is C17H21ClN4. The molecule has 3 aromatic rings. The molecule has 0 saturated heterocycles. The zero-order valence-corrected chi connectivity index (χ0v) is 13.7. The van der Waals surface area contributed by atoms with Gasteiger partial charge in [0.05, 0.1) is 5.69 Å². The van der Waals surface area contributed by atoms with Crippen molar-refractivity contribution in [1.29, 1.82) is 0 Å². The van der Waals surface area contributed by atoms with Crippen molar-refractivity contribution in [1.82, 2.24) is 20.1 Å². The maximum atomic E-state index is 6.08. The van der Waals surface area contributed by atoms with Gasteiger partial charge in [0.25, 0.3) is 0 Å². The fourth-order valence-electron chi connectivity index (χ4n) is 2.70. The summed E-state index contributed by atoms with van der Waals surface area (Å²) in [5.74, 6) is 0. The van der Waals surface area contributed by atoms with E-state index in [9.17, 15) is 0 Å². The molecule has 5 heteroatoms. The highest BCUT2D eigenvalue weighted by molar-refractivity contribution is 6.31. The van der Waals surface area contributed by atoms with E-state index in [4.69, 9.17) is 11.6 Å². The molecule has 2 heterocycles. The Hall–Kier alpha value is -1.78. The maximum Gasteiger partial charge on any atom is 0.0638 e. The third kappa shape index (κ3) is 3.18. The van der Waals surface area contributed by atoms with Crippen LogP contribution in [0.2, 0.25) is 5.02 Å². The van der Waals surface area contributed by atoms with Crippen LogP contribution in [0.3, 0.4) is 0 Å². The summed E-state index contributed by atoms with van der Waals surface area (Å²) in [6, 6.07) is 5.96. The molecular weight excluding hydrogens is 296 g/mol. The summed E-state index contributed by atoms with van der Waals surface area (Å²) in [7, 11) is 0. The van der Waals surface area contributed by atoms with Crippen LogP contribution in [0.25, 0.3) is 10.9 Å². The maximum absolute atomic E-state index is 6.08. The molecule has 0 saturated carbocycles. The molecule has 0 amide bonds. The van der Waals surface area contributed by atoms with Gasteiger partial charge < -0.3 is 10.3 Å². The smallest absolute Gasteiger partial charge is 0.0638 e. The molecule has 3 rings (SSSR count). The van der Waals surface area contributed by atoms with Crippen LogP contribution in [0.4, 0.5) is 0 Å². The Morgan fingerprint density at radius 3 is 2.95 bits per heavy atom. The minimum absolute atomic E-state index is 0.781. The SMILES string of the molecule is CCn1cc(CNCCc2c[nH]c3ccc(Cl)cc23)c(C)n1. The van der Waals surface area contributed by atoms with Crippen molar-refractivity contribution in [2.75, 3.05) is 6.54 Å². The average molecular weight is 317 g/mol. The van der Waals surface area contributed by atoms with Crippen molar-refractivity contribution >= 4 is 22.5 Å². The van der Waals surface area contributed by atoms with Crippen LogP contribution < -0.4 is 5.32 Å². The molecule has 0 unspecified atom stereocenters. The number of fused-ring (bicyclic) bond motifs is 1. The fraction of sp³-hybridized carbons (Fsp3) is 0.353. The minimum Gasteiger partial charge on any atom is -0.361 e. The van der Waals surface area contributed by atoms with Crippen molar-refractivity contribution in [2.45, 2.75) is 33.4 Å². The molecule has 0 bridgehead atoms. The number of aryl methyl sites for hydroxylation is 2. The second-order valence-electron chi connectivity index (χ2n) is 5.53. The van der Waals surface area contributed by atoms with Crippen LogP contribution in [-0.4, -0.2) is 21.3 Å². The Bertz CT molecular complexity index is 772. The molecule has 2 aromatic heterocycles. The summed E-state index contributed by atoms with van der Waals surface area (Å²) < 4.78 is 1.98. The first kappa shape index (κ1) is 15.1. The number of hydrogen-bond donors (Lipinski definition) is 2. The van der Waals surface area contributed by atoms with E-state index in [2.05, 4.69) is 41.6 Å². The number of halogens is 1. The predicted octanol–water partition coefficient (Wildman–Crippen LogP) is 3.68. The molecule has 1 aromatic carbocycles. The van der Waals surface area contributed by atoms with Gasteiger partial charge in [-0.05, 0) is 50.6 Å². The molecule has 2 N–H and O–H groups in total. The van der Waals surface area contributed by atoms with Gasteiger partial charge in [-0.25, -0.2) is 0 Å². The number of aromatic nitrogens is 3. The first-order valence-electron chi connectivity index (χ1n) is 7.66. The standard InChI is InChI=1S/C17H21ClN4/c1-3-22-11-14(12(2)21-22)9-19-7-6-13-10-20-17-5-4-15(18)8-16(13)17/h4-5,8,10-11,19-20H,3,6-7,9H2,1-2H3. The second-order valence-corrected chi connectivity index (χ2v) is 5.96. The van der Waals surface area contributed by atoms with E-state index in [1.54, 1.807) is 0 Å². The van der Waals surface area contributed by atoms with Gasteiger partial charge in [-0.2, -0.15) is 5.10 Å². The van der Waals surface area contributed by atoms with Crippen LogP contribution in [0.1, 0.15) is 23.7 Å². The van der Waals surface area contributed by atoms with Gasteiger partial charge in [-0.15, -0.1) is 0 Å². The van der Waals surface area contributed by atoms with E-state index >= 15 is 0 Å². The van der Waals surface area contributed by atoms with Gasteiger partial charge in [0.2, 0.25) is 0 Å². The first-order chi connectivity index (χ1) is 10.7. The Labute approximate surface area is 135 Å². The third-order valence-corrected chi connectivity index (χ3v) is 4.22. The van der Waals surface area contributed by atoms with Gasteiger partial charge in [-0.3, -0.25) is 4.68 Å². The summed E-state index contributed by atoms with van der Waals surface area (Å²) >= 11 is 6.08. The monoisotopic (exact) mass is 316 g/mol. The Balaban J connectivity index is 1.58. The van der Waals surface area contributed by atoms with Gasteiger partial charge in [-0.1, -0.05) is 11.6 Å². The van der Waals surface area contributed by atoms with Crippen LogP contribution in [-0.2, 0) is 19.5 Å². The van der Waals surface area contributed by atoms with Crippen molar-refractivity contribution in [2.24, 2.45) is 0 Å². The Morgan fingerprint density at radius 1 is 1.32 bits per heavy atom. The minimum atomic E-state index is 0.781. The summed E-state index contributed by atoms with van der Waals surface area (Å²) in [6.07, 6.45) is 5.16. The summed E-state index contributed by atoms with van der Waals surface area (Å²) in [5, 5.41) is 9.96. The highest BCUT2D eigenvalue weighted by Crippen LogP contribution is 2.22. The number of H-pyrrole nitrogens is 1. The van der Waals surface area contributed by atoms with Crippen molar-refractivity contribution in [3.05, 3.63) is 52.4 Å². The molecule has 4 nitrogen and oxygen atoms in total. The second kappa shape index (κ2) is 6.55. The zero-order valence-electron chi connectivity index (χ0n) is 13.0. The lowest BCUT2D eigenvalue weighted by Gasteiger charge is -2.03. The lowest BCUT2D eigenvalue weighted by atomic mass is 10.1. The zero-order chi connectivity index (χ0) is 15.5. The van der Waals surface area contributed by atoms with Gasteiger partial charge in [0.15, 0.2) is 0 Å². The van der Waals surface area contributed by atoms with Crippen LogP contribution in [0.15, 0.2) is 30.6 Å². The Morgan fingerprint density at radius 2 is 2.18 bits per heavy atom. The number of benzene rings is 1. The van der Waals surface area contributed by atoms with Crippen LogP contribution >= 0.6 is 11.6 Å². The first-order valence-corrected chi connectivity index (χ1v) is 8.04. The van der Waals surface area contributed by atoms with E-state index in [1.807, 2.05) is 22.9 Å². The normalized spacial score (nSPS) is 11.4. The van der Waals surface area contributed by atoms with Gasteiger partial charge in [0, 0.05) is 47.0 Å². The van der Waals surface area contributed by atoms with Gasteiger partial charge >= 0.3 is 0 Å². The third-order valence-electron chi connectivity index (χ3n) is 3.99. The van der Waals surface area contributed by atoms with E-state index in [0.717, 1.165) is 42.3 Å². The molecule has 0 aliphatic rings. The Kier molecular flexibility index (Phi) is 4.50. The number of nitrogens with zero attached hydrogens (tertiary/aromatic N) is 2. The fourth-order valence-corrected chi connectivity index (χ4v) is 2.87. The molecule has 0 aliphatic heterocycles.